The molecular weight excluding hydrogens is 327 g/mol. The highest BCUT2D eigenvalue weighted by Gasteiger charge is 2.14. The SMILES string of the molecule is COc1ccc(C(=O)CCC(=O)Nc2noc3ccc(F)cc23)cc1. The third kappa shape index (κ3) is 3.82. The summed E-state index contributed by atoms with van der Waals surface area (Å²) in [5, 5.41) is 6.61. The van der Waals surface area contributed by atoms with E-state index in [1.54, 1.807) is 31.4 Å². The van der Waals surface area contributed by atoms with Gasteiger partial charge in [-0.15, -0.1) is 0 Å². The summed E-state index contributed by atoms with van der Waals surface area (Å²) in [6.45, 7) is 0. The van der Waals surface area contributed by atoms with E-state index < -0.39 is 11.7 Å². The fourth-order valence-corrected chi connectivity index (χ4v) is 2.34. The van der Waals surface area contributed by atoms with Gasteiger partial charge < -0.3 is 14.6 Å². The number of nitrogens with one attached hydrogen (secondary N) is 1. The Morgan fingerprint density at radius 1 is 1.16 bits per heavy atom. The Balaban J connectivity index is 1.60. The third-order valence-electron chi connectivity index (χ3n) is 3.68. The average molecular weight is 342 g/mol. The monoisotopic (exact) mass is 342 g/mol. The van der Waals surface area contributed by atoms with E-state index in [1.807, 2.05) is 0 Å². The molecule has 1 N–H and O–H groups in total. The van der Waals surface area contributed by atoms with Crippen LogP contribution in [0.25, 0.3) is 11.0 Å². The summed E-state index contributed by atoms with van der Waals surface area (Å²) in [6.07, 6.45) is 0.0246. The lowest BCUT2D eigenvalue weighted by Gasteiger charge is -2.04. The number of halogens is 1. The second-order valence-corrected chi connectivity index (χ2v) is 5.37. The molecule has 3 aromatic rings. The first-order valence-electron chi connectivity index (χ1n) is 7.59. The number of amides is 1. The predicted octanol–water partition coefficient (Wildman–Crippen LogP) is 3.58. The zero-order valence-electron chi connectivity index (χ0n) is 13.4. The van der Waals surface area contributed by atoms with Crippen LogP contribution >= 0.6 is 0 Å². The van der Waals surface area contributed by atoms with Crippen LogP contribution in [0.15, 0.2) is 47.0 Å². The quantitative estimate of drug-likeness (QED) is 0.693. The van der Waals surface area contributed by atoms with Gasteiger partial charge in [0.05, 0.1) is 12.5 Å². The zero-order chi connectivity index (χ0) is 17.8. The van der Waals surface area contributed by atoms with Crippen molar-refractivity contribution in [1.29, 1.82) is 0 Å². The summed E-state index contributed by atoms with van der Waals surface area (Å²) >= 11 is 0. The first-order valence-corrected chi connectivity index (χ1v) is 7.59. The highest BCUT2D eigenvalue weighted by atomic mass is 19.1. The van der Waals surface area contributed by atoms with E-state index in [0.29, 0.717) is 22.3 Å². The van der Waals surface area contributed by atoms with Crippen LogP contribution in [-0.4, -0.2) is 24.0 Å². The van der Waals surface area contributed by atoms with Crippen molar-refractivity contribution < 1.29 is 23.2 Å². The van der Waals surface area contributed by atoms with Gasteiger partial charge in [0.1, 0.15) is 11.6 Å². The third-order valence-corrected chi connectivity index (χ3v) is 3.68. The molecule has 3 rings (SSSR count). The molecule has 0 unspecified atom stereocenters. The molecule has 0 atom stereocenters. The van der Waals surface area contributed by atoms with Crippen molar-refractivity contribution in [3.63, 3.8) is 0 Å². The minimum absolute atomic E-state index is 0.0193. The predicted molar refractivity (Wildman–Crippen MR) is 89.2 cm³/mol. The molecule has 0 aliphatic rings. The summed E-state index contributed by atoms with van der Waals surface area (Å²) in [4.78, 5) is 24.1. The number of ketones is 1. The molecule has 6 nitrogen and oxygen atoms in total. The molecular formula is C18H15FN2O4. The smallest absolute Gasteiger partial charge is 0.226 e. The van der Waals surface area contributed by atoms with Gasteiger partial charge in [0.15, 0.2) is 17.2 Å². The summed E-state index contributed by atoms with van der Waals surface area (Å²) in [7, 11) is 1.54. The van der Waals surface area contributed by atoms with Gasteiger partial charge in [-0.25, -0.2) is 4.39 Å². The number of carbonyl (C=O) groups excluding carboxylic acids is 2. The molecule has 2 aromatic carbocycles. The van der Waals surface area contributed by atoms with Crippen molar-refractivity contribution in [2.45, 2.75) is 12.8 Å². The van der Waals surface area contributed by atoms with E-state index in [4.69, 9.17) is 9.26 Å². The Labute approximate surface area is 142 Å². The number of anilines is 1. The van der Waals surface area contributed by atoms with Gasteiger partial charge >= 0.3 is 0 Å². The summed E-state index contributed by atoms with van der Waals surface area (Å²) in [5.74, 6) is -0.230. The maximum atomic E-state index is 13.3. The summed E-state index contributed by atoms with van der Waals surface area (Å²) in [5.41, 5.74) is 0.869. The van der Waals surface area contributed by atoms with E-state index >= 15 is 0 Å². The molecule has 0 bridgehead atoms. The van der Waals surface area contributed by atoms with Gasteiger partial charge in [0, 0.05) is 18.4 Å². The van der Waals surface area contributed by atoms with Gasteiger partial charge in [-0.05, 0) is 42.5 Å². The van der Waals surface area contributed by atoms with Crippen molar-refractivity contribution in [2.24, 2.45) is 0 Å². The van der Waals surface area contributed by atoms with Crippen LogP contribution in [0.5, 0.6) is 5.75 Å². The molecule has 0 aliphatic heterocycles. The molecule has 1 aromatic heterocycles. The van der Waals surface area contributed by atoms with Crippen LogP contribution in [-0.2, 0) is 4.79 Å². The molecule has 1 amide bonds. The van der Waals surface area contributed by atoms with E-state index in [0.717, 1.165) is 0 Å². The first kappa shape index (κ1) is 16.6. The number of hydrogen-bond donors (Lipinski definition) is 1. The number of nitrogens with zero attached hydrogens (tertiary/aromatic N) is 1. The van der Waals surface area contributed by atoms with Crippen molar-refractivity contribution in [3.05, 3.63) is 53.8 Å². The van der Waals surface area contributed by atoms with Crippen molar-refractivity contribution in [3.8, 4) is 5.75 Å². The number of aromatic nitrogens is 1. The number of rotatable bonds is 6. The zero-order valence-corrected chi connectivity index (χ0v) is 13.4. The second-order valence-electron chi connectivity index (χ2n) is 5.37. The maximum absolute atomic E-state index is 13.3. The number of carbonyl (C=O) groups is 2. The average Bonchev–Trinajstić information content (AvgIpc) is 3.01. The van der Waals surface area contributed by atoms with Gasteiger partial charge in [-0.3, -0.25) is 9.59 Å². The minimum Gasteiger partial charge on any atom is -0.497 e. The Morgan fingerprint density at radius 3 is 2.64 bits per heavy atom. The number of benzene rings is 2. The summed E-state index contributed by atoms with van der Waals surface area (Å²) < 4.78 is 23.3. The molecule has 1 heterocycles. The molecule has 25 heavy (non-hydrogen) atoms. The van der Waals surface area contributed by atoms with Crippen LogP contribution < -0.4 is 10.1 Å². The topological polar surface area (TPSA) is 81.4 Å². The van der Waals surface area contributed by atoms with Crippen molar-refractivity contribution in [1.82, 2.24) is 5.16 Å². The Hall–Kier alpha value is -3.22. The van der Waals surface area contributed by atoms with Crippen LogP contribution in [0.4, 0.5) is 10.2 Å². The van der Waals surface area contributed by atoms with E-state index in [9.17, 15) is 14.0 Å². The van der Waals surface area contributed by atoms with Gasteiger partial charge in [-0.2, -0.15) is 0 Å². The number of Topliss-reactive ketones (excluding diaryl/α,β-unsaturated/α-hetero) is 1. The Kier molecular flexibility index (Phi) is 4.74. The van der Waals surface area contributed by atoms with Crippen LogP contribution in [0.2, 0.25) is 0 Å². The number of ether oxygens (including phenoxy) is 1. The van der Waals surface area contributed by atoms with Gasteiger partial charge in [0.25, 0.3) is 0 Å². The Bertz CT molecular complexity index is 918. The van der Waals surface area contributed by atoms with E-state index in [1.165, 1.54) is 18.2 Å². The normalized spacial score (nSPS) is 10.6. The molecule has 7 heteroatoms. The number of methoxy groups -OCH3 is 1. The minimum atomic E-state index is -0.458. The molecule has 0 saturated carbocycles. The largest absolute Gasteiger partial charge is 0.497 e. The fraction of sp³-hybridized carbons (Fsp3) is 0.167. The van der Waals surface area contributed by atoms with Crippen LogP contribution in [0.1, 0.15) is 23.2 Å². The molecule has 0 saturated heterocycles. The Morgan fingerprint density at radius 2 is 1.92 bits per heavy atom. The molecule has 128 valence electrons. The fourth-order valence-electron chi connectivity index (χ4n) is 2.34. The van der Waals surface area contributed by atoms with E-state index in [2.05, 4.69) is 10.5 Å². The van der Waals surface area contributed by atoms with Crippen LogP contribution in [0.3, 0.4) is 0 Å². The molecule has 0 spiro atoms. The summed E-state index contributed by atoms with van der Waals surface area (Å²) in [6, 6.07) is 10.6. The standard InChI is InChI=1S/C18H15FN2O4/c1-24-13-5-2-11(3-6-13)15(22)7-9-17(23)20-18-14-10-12(19)4-8-16(14)25-21-18/h2-6,8,10H,7,9H2,1H3,(H,20,21,23). The molecule has 0 aliphatic carbocycles. The molecule has 0 radical (unpaired) electrons. The van der Waals surface area contributed by atoms with Gasteiger partial charge in [0.2, 0.25) is 5.91 Å². The van der Waals surface area contributed by atoms with Crippen LogP contribution in [0, 0.1) is 5.82 Å². The molecule has 0 fully saturated rings. The second kappa shape index (κ2) is 7.12. The highest BCUT2D eigenvalue weighted by Crippen LogP contribution is 2.23. The highest BCUT2D eigenvalue weighted by molar-refractivity contribution is 6.02. The maximum Gasteiger partial charge on any atom is 0.226 e. The lowest BCUT2D eigenvalue weighted by Crippen LogP contribution is -2.14. The number of hydrogen-bond acceptors (Lipinski definition) is 5. The lowest BCUT2D eigenvalue weighted by molar-refractivity contribution is -0.116. The lowest BCUT2D eigenvalue weighted by atomic mass is 10.1. The van der Waals surface area contributed by atoms with Crippen molar-refractivity contribution >= 4 is 28.5 Å². The number of fused-ring (bicyclic) bond motifs is 1. The van der Waals surface area contributed by atoms with E-state index in [-0.39, 0.29) is 24.4 Å². The van der Waals surface area contributed by atoms with Crippen molar-refractivity contribution in [2.75, 3.05) is 12.4 Å². The first-order chi connectivity index (χ1) is 12.1. The van der Waals surface area contributed by atoms with Gasteiger partial charge in [-0.1, -0.05) is 5.16 Å².